The number of esters is 1. The lowest BCUT2D eigenvalue weighted by Gasteiger charge is -2.03. The maximum Gasteiger partial charge on any atom is 0.325 e. The Bertz CT molecular complexity index is 171. The molecular formula is C11H20NO3. The molecule has 0 bridgehead atoms. The standard InChI is InChI=1S/C11H20NO3/c1-2-3-4-5-6-7-8-15-11(14)9-12-10-13/h2-9H2,1H3,(H,12,13). The summed E-state index contributed by atoms with van der Waals surface area (Å²) >= 11 is 0. The first kappa shape index (κ1) is 13.9. The predicted molar refractivity (Wildman–Crippen MR) is 58.0 cm³/mol. The van der Waals surface area contributed by atoms with Gasteiger partial charge in [-0.2, -0.15) is 0 Å². The van der Waals surface area contributed by atoms with Crippen LogP contribution in [0.1, 0.15) is 45.4 Å². The molecule has 0 saturated carbocycles. The van der Waals surface area contributed by atoms with Gasteiger partial charge in [-0.05, 0) is 6.42 Å². The van der Waals surface area contributed by atoms with Crippen LogP contribution in [0.3, 0.4) is 0 Å². The van der Waals surface area contributed by atoms with Gasteiger partial charge in [-0.25, -0.2) is 0 Å². The Hall–Kier alpha value is -1.06. The van der Waals surface area contributed by atoms with E-state index in [1.165, 1.54) is 32.1 Å². The number of carbonyl (C=O) groups excluding carboxylic acids is 2. The number of ether oxygens (including phenoxy) is 1. The molecule has 0 aliphatic heterocycles. The van der Waals surface area contributed by atoms with Gasteiger partial charge in [0, 0.05) is 0 Å². The maximum absolute atomic E-state index is 10.9. The number of rotatable bonds is 10. The summed E-state index contributed by atoms with van der Waals surface area (Å²) in [7, 11) is 0. The Morgan fingerprint density at radius 2 is 1.87 bits per heavy atom. The summed E-state index contributed by atoms with van der Waals surface area (Å²) in [4.78, 5) is 20.6. The minimum absolute atomic E-state index is 0.0840. The molecule has 0 aliphatic rings. The highest BCUT2D eigenvalue weighted by Crippen LogP contribution is 2.04. The van der Waals surface area contributed by atoms with Gasteiger partial charge in [-0.3, -0.25) is 9.59 Å². The van der Waals surface area contributed by atoms with Crippen molar-refractivity contribution in [1.29, 1.82) is 0 Å². The second-order valence-electron chi connectivity index (χ2n) is 3.44. The van der Waals surface area contributed by atoms with Crippen molar-refractivity contribution < 1.29 is 14.3 Å². The molecule has 4 nitrogen and oxygen atoms in total. The van der Waals surface area contributed by atoms with Gasteiger partial charge in [-0.1, -0.05) is 39.0 Å². The third kappa shape index (κ3) is 10.9. The highest BCUT2D eigenvalue weighted by molar-refractivity contribution is 5.74. The summed E-state index contributed by atoms with van der Waals surface area (Å²) in [5, 5.41) is 2.14. The fourth-order valence-electron chi connectivity index (χ4n) is 1.23. The van der Waals surface area contributed by atoms with Crippen LogP contribution in [0.4, 0.5) is 0 Å². The van der Waals surface area contributed by atoms with Crippen molar-refractivity contribution in [3.05, 3.63) is 0 Å². The molecule has 1 N–H and O–H groups in total. The number of hydrogen-bond acceptors (Lipinski definition) is 3. The summed E-state index contributed by atoms with van der Waals surface area (Å²) in [5.41, 5.74) is 0. The van der Waals surface area contributed by atoms with Crippen LogP contribution >= 0.6 is 0 Å². The lowest BCUT2D eigenvalue weighted by molar-refractivity contribution is -0.142. The molecular weight excluding hydrogens is 194 g/mol. The molecule has 0 saturated heterocycles. The van der Waals surface area contributed by atoms with E-state index >= 15 is 0 Å². The number of amides is 1. The highest BCUT2D eigenvalue weighted by Gasteiger charge is 2.00. The lowest BCUT2D eigenvalue weighted by Crippen LogP contribution is -2.23. The quantitative estimate of drug-likeness (QED) is 0.341. The van der Waals surface area contributed by atoms with E-state index in [-0.39, 0.29) is 6.54 Å². The van der Waals surface area contributed by atoms with E-state index in [9.17, 15) is 9.59 Å². The topological polar surface area (TPSA) is 55.4 Å². The number of nitrogens with one attached hydrogen (secondary N) is 1. The normalized spacial score (nSPS) is 9.67. The Labute approximate surface area is 91.4 Å². The second kappa shape index (κ2) is 11.0. The smallest absolute Gasteiger partial charge is 0.325 e. The van der Waals surface area contributed by atoms with Crippen LogP contribution in [0.5, 0.6) is 0 Å². The van der Waals surface area contributed by atoms with Crippen LogP contribution in [0.2, 0.25) is 0 Å². The van der Waals surface area contributed by atoms with Crippen molar-refractivity contribution in [1.82, 2.24) is 5.32 Å². The zero-order valence-corrected chi connectivity index (χ0v) is 9.38. The van der Waals surface area contributed by atoms with Gasteiger partial charge in [0.1, 0.15) is 6.54 Å². The van der Waals surface area contributed by atoms with Crippen LogP contribution in [-0.2, 0) is 14.3 Å². The van der Waals surface area contributed by atoms with E-state index in [1.54, 1.807) is 0 Å². The molecule has 0 heterocycles. The molecule has 0 aromatic heterocycles. The molecule has 15 heavy (non-hydrogen) atoms. The Balaban J connectivity index is 3.09. The molecule has 1 amide bonds. The number of hydrogen-bond donors (Lipinski definition) is 1. The fourth-order valence-corrected chi connectivity index (χ4v) is 1.23. The predicted octanol–water partition coefficient (Wildman–Crippen LogP) is 1.55. The summed E-state index contributed by atoms with van der Waals surface area (Å²) in [6, 6.07) is 0. The first-order chi connectivity index (χ1) is 7.31. The van der Waals surface area contributed by atoms with Crippen molar-refractivity contribution in [2.45, 2.75) is 45.4 Å². The number of unbranched alkanes of at least 4 members (excludes halogenated alkanes) is 5. The average Bonchev–Trinajstić information content (AvgIpc) is 2.25. The molecule has 0 aliphatic carbocycles. The minimum atomic E-state index is -0.396. The maximum atomic E-state index is 10.9. The van der Waals surface area contributed by atoms with E-state index < -0.39 is 5.97 Å². The molecule has 0 aromatic carbocycles. The molecule has 0 spiro atoms. The monoisotopic (exact) mass is 214 g/mol. The molecule has 1 radical (unpaired) electrons. The molecule has 0 rings (SSSR count). The molecule has 87 valence electrons. The van der Waals surface area contributed by atoms with Gasteiger partial charge in [0.15, 0.2) is 0 Å². The van der Waals surface area contributed by atoms with E-state index in [0.717, 1.165) is 12.8 Å². The SMILES string of the molecule is CCCCCCCCOC(=O)CN[C]=O. The molecule has 0 fully saturated rings. The van der Waals surface area contributed by atoms with Gasteiger partial charge in [0.25, 0.3) is 0 Å². The number of carbonyl (C=O) groups is 1. The average molecular weight is 214 g/mol. The highest BCUT2D eigenvalue weighted by atomic mass is 16.5. The van der Waals surface area contributed by atoms with Crippen molar-refractivity contribution in [3.8, 4) is 0 Å². The second-order valence-corrected chi connectivity index (χ2v) is 3.44. The fraction of sp³-hybridized carbons (Fsp3) is 0.818. The zero-order chi connectivity index (χ0) is 11.4. The Morgan fingerprint density at radius 1 is 1.20 bits per heavy atom. The van der Waals surface area contributed by atoms with Gasteiger partial charge in [0.05, 0.1) is 6.61 Å². The van der Waals surface area contributed by atoms with Crippen molar-refractivity contribution in [2.24, 2.45) is 0 Å². The van der Waals surface area contributed by atoms with E-state index in [1.807, 2.05) is 0 Å². The van der Waals surface area contributed by atoms with Crippen LogP contribution in [-0.4, -0.2) is 25.5 Å². The van der Waals surface area contributed by atoms with Crippen LogP contribution < -0.4 is 5.32 Å². The van der Waals surface area contributed by atoms with Crippen LogP contribution in [0.25, 0.3) is 0 Å². The van der Waals surface area contributed by atoms with E-state index in [4.69, 9.17) is 4.74 Å². The Morgan fingerprint density at radius 3 is 2.53 bits per heavy atom. The third-order valence-corrected chi connectivity index (χ3v) is 2.07. The van der Waals surface area contributed by atoms with Gasteiger partial charge in [-0.15, -0.1) is 0 Å². The van der Waals surface area contributed by atoms with Crippen molar-refractivity contribution in [2.75, 3.05) is 13.2 Å². The molecule has 0 atom stereocenters. The van der Waals surface area contributed by atoms with Gasteiger partial charge in [0.2, 0.25) is 0 Å². The molecule has 0 unspecified atom stereocenters. The summed E-state index contributed by atoms with van der Waals surface area (Å²) < 4.78 is 4.87. The van der Waals surface area contributed by atoms with Gasteiger partial charge >= 0.3 is 12.4 Å². The third-order valence-electron chi connectivity index (χ3n) is 2.07. The van der Waals surface area contributed by atoms with E-state index in [2.05, 4.69) is 12.2 Å². The molecule has 4 heteroatoms. The van der Waals surface area contributed by atoms with Crippen LogP contribution in [0.15, 0.2) is 0 Å². The summed E-state index contributed by atoms with van der Waals surface area (Å²) in [5.74, 6) is -0.396. The zero-order valence-electron chi connectivity index (χ0n) is 9.38. The summed E-state index contributed by atoms with van der Waals surface area (Å²) in [6.45, 7) is 2.55. The summed E-state index contributed by atoms with van der Waals surface area (Å²) in [6.07, 6.45) is 8.40. The van der Waals surface area contributed by atoms with E-state index in [0.29, 0.717) is 6.61 Å². The Kier molecular flexibility index (Phi) is 10.2. The van der Waals surface area contributed by atoms with Crippen molar-refractivity contribution in [3.63, 3.8) is 0 Å². The largest absolute Gasteiger partial charge is 0.464 e. The van der Waals surface area contributed by atoms with Gasteiger partial charge < -0.3 is 10.1 Å². The first-order valence-electron chi connectivity index (χ1n) is 5.57. The minimum Gasteiger partial charge on any atom is -0.464 e. The first-order valence-corrected chi connectivity index (χ1v) is 5.57. The lowest BCUT2D eigenvalue weighted by atomic mass is 10.1. The van der Waals surface area contributed by atoms with Crippen LogP contribution in [0, 0.1) is 0 Å². The van der Waals surface area contributed by atoms with Crippen molar-refractivity contribution >= 4 is 12.4 Å². The molecule has 0 aromatic rings.